The van der Waals surface area contributed by atoms with Crippen molar-refractivity contribution in [3.8, 4) is 11.3 Å². The molecule has 10 heteroatoms. The minimum atomic E-state index is -0.492. The van der Waals surface area contributed by atoms with Gasteiger partial charge in [-0.25, -0.2) is 5.06 Å². The van der Waals surface area contributed by atoms with Crippen LogP contribution in [-0.2, 0) is 21.4 Å². The van der Waals surface area contributed by atoms with E-state index in [1.165, 1.54) is 14.2 Å². The highest BCUT2D eigenvalue weighted by atomic mass is 16.7. The molecule has 0 bridgehead atoms. The van der Waals surface area contributed by atoms with E-state index < -0.39 is 5.91 Å². The second-order valence-electron chi connectivity index (χ2n) is 7.44. The van der Waals surface area contributed by atoms with E-state index in [-0.39, 0.29) is 11.8 Å². The van der Waals surface area contributed by atoms with E-state index in [2.05, 4.69) is 10.1 Å². The normalized spacial score (nSPS) is 16.8. The van der Waals surface area contributed by atoms with Gasteiger partial charge >= 0.3 is 5.91 Å². The maximum Gasteiger partial charge on any atom is 0.315 e. The number of fused-ring (bicyclic) bond motifs is 1. The van der Waals surface area contributed by atoms with Gasteiger partial charge in [0.1, 0.15) is 5.69 Å². The third-order valence-corrected chi connectivity index (χ3v) is 5.49. The van der Waals surface area contributed by atoms with Gasteiger partial charge in [0.2, 0.25) is 12.2 Å². The van der Waals surface area contributed by atoms with Crippen molar-refractivity contribution in [1.82, 2.24) is 19.8 Å². The van der Waals surface area contributed by atoms with Crippen molar-refractivity contribution in [1.29, 1.82) is 0 Å². The van der Waals surface area contributed by atoms with Crippen LogP contribution < -0.4 is 4.90 Å². The van der Waals surface area contributed by atoms with Crippen LogP contribution in [0.3, 0.4) is 0 Å². The molecule has 3 aromatic rings. The fourth-order valence-electron chi connectivity index (χ4n) is 3.81. The number of aryl methyl sites for hydroxylation is 1. The van der Waals surface area contributed by atoms with Crippen molar-refractivity contribution in [3.63, 3.8) is 0 Å². The smallest absolute Gasteiger partial charge is 0.315 e. The summed E-state index contributed by atoms with van der Waals surface area (Å²) in [6.45, 7) is 1.21. The van der Waals surface area contributed by atoms with E-state index in [0.29, 0.717) is 42.0 Å². The maximum atomic E-state index is 13.0. The van der Waals surface area contributed by atoms with Crippen LogP contribution >= 0.6 is 0 Å². The molecular weight excluding hydrogens is 402 g/mol. The molecule has 0 aromatic carbocycles. The Balaban J connectivity index is 1.88. The third kappa shape index (κ3) is 4.04. The Morgan fingerprint density at radius 3 is 2.87 bits per heavy atom. The topological polar surface area (TPSA) is 103 Å². The Morgan fingerprint density at radius 2 is 2.16 bits per heavy atom. The van der Waals surface area contributed by atoms with Gasteiger partial charge in [-0.05, 0) is 25.3 Å². The molecule has 10 nitrogen and oxygen atoms in total. The highest BCUT2D eigenvalue weighted by molar-refractivity contribution is 6.09. The molecule has 164 valence electrons. The Morgan fingerprint density at radius 1 is 1.32 bits per heavy atom. The molecule has 31 heavy (non-hydrogen) atoms. The summed E-state index contributed by atoms with van der Waals surface area (Å²) in [5.74, 6) is -0.463. The van der Waals surface area contributed by atoms with Crippen LogP contribution in [0.15, 0.2) is 29.1 Å². The number of hydroxylamine groups is 2. The lowest BCUT2D eigenvalue weighted by molar-refractivity contribution is -0.108. The van der Waals surface area contributed by atoms with Crippen LogP contribution in [-0.4, -0.2) is 65.6 Å². The lowest BCUT2D eigenvalue weighted by atomic mass is 10.1. The van der Waals surface area contributed by atoms with Gasteiger partial charge in [-0.1, -0.05) is 0 Å². The first-order valence-corrected chi connectivity index (χ1v) is 10.1. The molecular formula is C21H25N5O5. The summed E-state index contributed by atoms with van der Waals surface area (Å²) < 4.78 is 13.1. The number of pyridine rings is 1. The Hall–Kier alpha value is -3.24. The Bertz CT molecular complexity index is 1080. The number of carbonyl (C=O) groups is 2. The minimum Gasteiger partial charge on any atom is -0.447 e. The number of anilines is 1. The Labute approximate surface area is 179 Å². The Kier molecular flexibility index (Phi) is 6.01. The lowest BCUT2D eigenvalue weighted by Gasteiger charge is -2.27. The van der Waals surface area contributed by atoms with E-state index in [1.54, 1.807) is 22.0 Å². The molecule has 1 unspecified atom stereocenters. The largest absolute Gasteiger partial charge is 0.447 e. The summed E-state index contributed by atoms with van der Waals surface area (Å²) in [6.07, 6.45) is 8.13. The number of aromatic nitrogens is 3. The van der Waals surface area contributed by atoms with Gasteiger partial charge < -0.3 is 14.1 Å². The molecule has 1 aliphatic rings. The molecule has 4 heterocycles. The summed E-state index contributed by atoms with van der Waals surface area (Å²) in [4.78, 5) is 36.4. The van der Waals surface area contributed by atoms with E-state index >= 15 is 0 Å². The van der Waals surface area contributed by atoms with Crippen molar-refractivity contribution in [2.24, 2.45) is 7.05 Å². The number of hydrogen-bond acceptors (Lipinski definition) is 7. The van der Waals surface area contributed by atoms with E-state index in [4.69, 9.17) is 14.0 Å². The van der Waals surface area contributed by atoms with Gasteiger partial charge in [0.15, 0.2) is 5.58 Å². The van der Waals surface area contributed by atoms with Gasteiger partial charge in [0, 0.05) is 50.5 Å². The molecule has 1 fully saturated rings. The minimum absolute atomic E-state index is 0.0294. The van der Waals surface area contributed by atoms with Gasteiger partial charge in [-0.3, -0.25) is 24.1 Å². The molecule has 1 atom stereocenters. The SMILES string of the molecule is CON(C)C(=O)c1oc2cnc(-c3cnn(C)c3)cc2c1N(C=O)C1CCCOCC1. The first kappa shape index (κ1) is 21.0. The summed E-state index contributed by atoms with van der Waals surface area (Å²) in [6, 6.07) is 1.70. The number of carbonyl (C=O) groups excluding carboxylic acids is 2. The van der Waals surface area contributed by atoms with Crippen LogP contribution in [0.1, 0.15) is 29.8 Å². The average molecular weight is 427 g/mol. The first-order valence-electron chi connectivity index (χ1n) is 10.1. The van der Waals surface area contributed by atoms with E-state index in [0.717, 1.165) is 29.9 Å². The zero-order chi connectivity index (χ0) is 22.0. The summed E-state index contributed by atoms with van der Waals surface area (Å²) in [5.41, 5.74) is 2.31. The number of hydrogen-bond donors (Lipinski definition) is 0. The van der Waals surface area contributed by atoms with E-state index in [9.17, 15) is 9.59 Å². The van der Waals surface area contributed by atoms with Crippen molar-refractivity contribution in [2.45, 2.75) is 25.3 Å². The molecule has 0 aliphatic carbocycles. The van der Waals surface area contributed by atoms with Crippen LogP contribution in [0.2, 0.25) is 0 Å². The molecule has 0 saturated carbocycles. The number of amides is 2. The van der Waals surface area contributed by atoms with Crippen LogP contribution in [0.5, 0.6) is 0 Å². The van der Waals surface area contributed by atoms with E-state index in [1.807, 2.05) is 19.3 Å². The fourth-order valence-corrected chi connectivity index (χ4v) is 3.81. The monoisotopic (exact) mass is 427 g/mol. The molecule has 3 aromatic heterocycles. The van der Waals surface area contributed by atoms with Crippen LogP contribution in [0, 0.1) is 0 Å². The zero-order valence-corrected chi connectivity index (χ0v) is 17.8. The number of ether oxygens (including phenoxy) is 1. The predicted octanol–water partition coefficient (Wildman–Crippen LogP) is 2.39. The summed E-state index contributed by atoms with van der Waals surface area (Å²) >= 11 is 0. The molecule has 1 aliphatic heterocycles. The van der Waals surface area contributed by atoms with Crippen molar-refractivity contribution < 1.29 is 23.6 Å². The quantitative estimate of drug-likeness (QED) is 0.440. The average Bonchev–Trinajstić information content (AvgIpc) is 3.27. The zero-order valence-electron chi connectivity index (χ0n) is 17.8. The van der Waals surface area contributed by atoms with Crippen molar-refractivity contribution in [2.75, 3.05) is 32.3 Å². The first-order chi connectivity index (χ1) is 15.0. The third-order valence-electron chi connectivity index (χ3n) is 5.49. The van der Waals surface area contributed by atoms with Crippen LogP contribution in [0.4, 0.5) is 5.69 Å². The highest BCUT2D eigenvalue weighted by Crippen LogP contribution is 2.38. The van der Waals surface area contributed by atoms with Gasteiger partial charge in [-0.15, -0.1) is 0 Å². The van der Waals surface area contributed by atoms with Gasteiger partial charge in [0.05, 0.1) is 25.2 Å². The van der Waals surface area contributed by atoms with Crippen molar-refractivity contribution in [3.05, 3.63) is 30.4 Å². The molecule has 0 N–H and O–H groups in total. The second kappa shape index (κ2) is 8.86. The predicted molar refractivity (Wildman–Crippen MR) is 112 cm³/mol. The number of nitrogens with zero attached hydrogens (tertiary/aromatic N) is 5. The van der Waals surface area contributed by atoms with Gasteiger partial charge in [-0.2, -0.15) is 5.10 Å². The van der Waals surface area contributed by atoms with Gasteiger partial charge in [0.25, 0.3) is 0 Å². The van der Waals surface area contributed by atoms with Crippen molar-refractivity contribution >= 4 is 29.0 Å². The lowest BCUT2D eigenvalue weighted by Crippen LogP contribution is -2.36. The molecule has 0 radical (unpaired) electrons. The molecule has 0 spiro atoms. The number of rotatable bonds is 6. The van der Waals surface area contributed by atoms with Crippen LogP contribution in [0.25, 0.3) is 22.2 Å². The second-order valence-corrected chi connectivity index (χ2v) is 7.44. The molecule has 1 saturated heterocycles. The maximum absolute atomic E-state index is 13.0. The summed E-state index contributed by atoms with van der Waals surface area (Å²) in [7, 11) is 4.71. The highest BCUT2D eigenvalue weighted by Gasteiger charge is 2.32. The molecule has 2 amide bonds. The fraction of sp³-hybridized carbons (Fsp3) is 0.429. The molecule has 4 rings (SSSR count). The standard InChI is InChI=1S/C21H25N5O5/c1-24-12-14(10-23-24)17-9-16-18(11-22-17)31-20(21(28)25(2)29-3)19(16)26(13-27)15-5-4-7-30-8-6-15/h9-13,15H,4-8H2,1-3H3. The summed E-state index contributed by atoms with van der Waals surface area (Å²) in [5, 5.41) is 5.88. The number of furan rings is 1.